The van der Waals surface area contributed by atoms with Gasteiger partial charge in [-0.2, -0.15) is 0 Å². The summed E-state index contributed by atoms with van der Waals surface area (Å²) in [7, 11) is -3.31. The van der Waals surface area contributed by atoms with Crippen LogP contribution in [0.2, 0.25) is 0 Å². The van der Waals surface area contributed by atoms with Crippen LogP contribution >= 0.6 is 0 Å². The van der Waals surface area contributed by atoms with E-state index in [0.29, 0.717) is 24.3 Å². The molecule has 1 aliphatic heterocycles. The summed E-state index contributed by atoms with van der Waals surface area (Å²) in [4.78, 5) is 25.1. The first-order valence-corrected chi connectivity index (χ1v) is 11.4. The third-order valence-electron chi connectivity index (χ3n) is 4.95. The smallest absolute Gasteiger partial charge is 0.257 e. The Morgan fingerprint density at radius 3 is 2.16 bits per heavy atom. The zero-order valence-corrected chi connectivity index (χ0v) is 17.9. The molecule has 1 aliphatic rings. The van der Waals surface area contributed by atoms with Gasteiger partial charge in [0.1, 0.15) is 23.2 Å². The van der Waals surface area contributed by atoms with Crippen molar-refractivity contribution in [2.24, 2.45) is 5.92 Å². The van der Waals surface area contributed by atoms with Crippen molar-refractivity contribution in [1.82, 2.24) is 5.32 Å². The third kappa shape index (κ3) is 5.01. The Bertz CT molecular complexity index is 1070. The van der Waals surface area contributed by atoms with E-state index in [-0.39, 0.29) is 11.7 Å². The molecule has 1 heterocycles. The first-order valence-electron chi connectivity index (χ1n) is 9.76. The van der Waals surface area contributed by atoms with Gasteiger partial charge in [0.25, 0.3) is 5.91 Å². The Hall–Kier alpha value is -3.01. The number of amides is 2. The van der Waals surface area contributed by atoms with Gasteiger partial charge in [-0.15, -0.1) is 0 Å². The van der Waals surface area contributed by atoms with Gasteiger partial charge in [0.05, 0.1) is 11.4 Å². The molecule has 7 nitrogen and oxygen atoms in total. The second kappa shape index (κ2) is 9.01. The van der Waals surface area contributed by atoms with Gasteiger partial charge in [-0.05, 0) is 48.7 Å². The maximum atomic E-state index is 13.9. The molecule has 1 atom stereocenters. The summed E-state index contributed by atoms with van der Waals surface area (Å²) in [5.41, 5.74) is 0.138. The Morgan fingerprint density at radius 1 is 1.03 bits per heavy atom. The molecule has 0 radical (unpaired) electrons. The van der Waals surface area contributed by atoms with Crippen molar-refractivity contribution < 1.29 is 26.8 Å². The SMILES string of the molecule is CC(C)C(NC(=O)c1c(F)cccc1F)C(=O)Nc1ccc(N2CCCS2(=O)=O)cc1. The summed E-state index contributed by atoms with van der Waals surface area (Å²) >= 11 is 0. The highest BCUT2D eigenvalue weighted by Crippen LogP contribution is 2.25. The summed E-state index contributed by atoms with van der Waals surface area (Å²) in [6.45, 7) is 3.77. The molecule has 1 fully saturated rings. The maximum Gasteiger partial charge on any atom is 0.257 e. The predicted octanol–water partition coefficient (Wildman–Crippen LogP) is 2.90. The predicted molar refractivity (Wildman–Crippen MR) is 113 cm³/mol. The molecule has 2 amide bonds. The number of hydrogen-bond donors (Lipinski definition) is 2. The summed E-state index contributed by atoms with van der Waals surface area (Å²) in [6, 6.07) is 8.28. The fraction of sp³-hybridized carbons (Fsp3) is 0.333. The van der Waals surface area contributed by atoms with Gasteiger partial charge in [0.2, 0.25) is 15.9 Å². The van der Waals surface area contributed by atoms with Crippen LogP contribution < -0.4 is 14.9 Å². The number of benzene rings is 2. The number of anilines is 2. The minimum atomic E-state index is -3.31. The van der Waals surface area contributed by atoms with E-state index in [1.807, 2.05) is 0 Å². The molecule has 3 rings (SSSR count). The van der Waals surface area contributed by atoms with Gasteiger partial charge in [0.15, 0.2) is 0 Å². The number of halogens is 2. The quantitative estimate of drug-likeness (QED) is 0.706. The topological polar surface area (TPSA) is 95.6 Å². The van der Waals surface area contributed by atoms with Crippen LogP contribution in [0.5, 0.6) is 0 Å². The number of sulfonamides is 1. The molecule has 1 unspecified atom stereocenters. The van der Waals surface area contributed by atoms with Crippen LogP contribution in [0.1, 0.15) is 30.6 Å². The van der Waals surface area contributed by atoms with Crippen LogP contribution in [0.15, 0.2) is 42.5 Å². The number of nitrogens with one attached hydrogen (secondary N) is 2. The highest BCUT2D eigenvalue weighted by atomic mass is 32.2. The van der Waals surface area contributed by atoms with Crippen LogP contribution in [0.3, 0.4) is 0 Å². The second-order valence-corrected chi connectivity index (χ2v) is 9.58. The highest BCUT2D eigenvalue weighted by Gasteiger charge is 2.29. The Morgan fingerprint density at radius 2 is 1.65 bits per heavy atom. The van der Waals surface area contributed by atoms with Crippen LogP contribution in [0, 0.1) is 17.6 Å². The van der Waals surface area contributed by atoms with Gasteiger partial charge < -0.3 is 10.6 Å². The lowest BCUT2D eigenvalue weighted by atomic mass is 10.0. The van der Waals surface area contributed by atoms with E-state index >= 15 is 0 Å². The lowest BCUT2D eigenvalue weighted by Gasteiger charge is -2.22. The first kappa shape index (κ1) is 22.7. The van der Waals surface area contributed by atoms with Crippen LogP contribution in [0.4, 0.5) is 20.2 Å². The molecule has 2 aromatic rings. The average molecular weight is 451 g/mol. The van der Waals surface area contributed by atoms with E-state index in [2.05, 4.69) is 10.6 Å². The molecule has 0 bridgehead atoms. The molecule has 31 heavy (non-hydrogen) atoms. The number of rotatable bonds is 6. The van der Waals surface area contributed by atoms with Gasteiger partial charge in [-0.3, -0.25) is 13.9 Å². The zero-order chi connectivity index (χ0) is 22.8. The number of carbonyl (C=O) groups excluding carboxylic acids is 2. The largest absolute Gasteiger partial charge is 0.340 e. The molecule has 0 spiro atoms. The molecule has 1 saturated heterocycles. The molecular formula is C21H23F2N3O4S. The van der Waals surface area contributed by atoms with Gasteiger partial charge in [0, 0.05) is 12.2 Å². The summed E-state index contributed by atoms with van der Waals surface area (Å²) in [5, 5.41) is 5.02. The van der Waals surface area contributed by atoms with E-state index in [1.54, 1.807) is 38.1 Å². The standard InChI is InChI=1S/C21H23F2N3O4S/c1-13(2)19(25-20(27)18-16(22)5-3-6-17(18)23)21(28)24-14-7-9-15(10-8-14)26-11-4-12-31(26,29)30/h3,5-10,13,19H,4,11-12H2,1-2H3,(H,24,28)(H,25,27). The van der Waals surface area contributed by atoms with Crippen molar-refractivity contribution in [2.75, 3.05) is 21.9 Å². The zero-order valence-electron chi connectivity index (χ0n) is 17.1. The summed E-state index contributed by atoms with van der Waals surface area (Å²) in [6.07, 6.45) is 0.555. The first-order chi connectivity index (χ1) is 14.6. The van der Waals surface area contributed by atoms with Gasteiger partial charge in [-0.1, -0.05) is 19.9 Å². The maximum absolute atomic E-state index is 13.9. The summed E-state index contributed by atoms with van der Waals surface area (Å²) in [5.74, 6) is -3.90. The number of hydrogen-bond acceptors (Lipinski definition) is 4. The Balaban J connectivity index is 1.72. The Labute approximate surface area is 179 Å². The highest BCUT2D eigenvalue weighted by molar-refractivity contribution is 7.93. The molecule has 166 valence electrons. The second-order valence-electron chi connectivity index (χ2n) is 7.57. The monoisotopic (exact) mass is 451 g/mol. The van der Waals surface area contributed by atoms with Crippen LogP contribution in [-0.2, 0) is 14.8 Å². The van der Waals surface area contributed by atoms with Gasteiger partial charge >= 0.3 is 0 Å². The normalized spacial score (nSPS) is 16.2. The summed E-state index contributed by atoms with van der Waals surface area (Å²) < 4.78 is 53.1. The lowest BCUT2D eigenvalue weighted by Crippen LogP contribution is -2.47. The number of nitrogens with zero attached hydrogens (tertiary/aromatic N) is 1. The van der Waals surface area contributed by atoms with Gasteiger partial charge in [-0.25, -0.2) is 17.2 Å². The van der Waals surface area contributed by atoms with Crippen molar-refractivity contribution in [2.45, 2.75) is 26.3 Å². The number of carbonyl (C=O) groups is 2. The fourth-order valence-corrected chi connectivity index (χ4v) is 4.89. The van der Waals surface area contributed by atoms with E-state index in [1.165, 1.54) is 4.31 Å². The molecule has 2 N–H and O–H groups in total. The molecule has 2 aromatic carbocycles. The van der Waals surface area contributed by atoms with E-state index < -0.39 is 45.1 Å². The minimum Gasteiger partial charge on any atom is -0.340 e. The average Bonchev–Trinajstić information content (AvgIpc) is 3.05. The molecule has 0 aliphatic carbocycles. The van der Waals surface area contributed by atoms with Crippen molar-refractivity contribution in [3.63, 3.8) is 0 Å². The molecule has 0 aromatic heterocycles. The molecule has 0 saturated carbocycles. The third-order valence-corrected chi connectivity index (χ3v) is 6.82. The van der Waals surface area contributed by atoms with Crippen LogP contribution in [-0.4, -0.2) is 38.6 Å². The van der Waals surface area contributed by atoms with Crippen molar-refractivity contribution in [3.8, 4) is 0 Å². The fourth-order valence-electron chi connectivity index (χ4n) is 3.32. The van der Waals surface area contributed by atoms with E-state index in [4.69, 9.17) is 0 Å². The lowest BCUT2D eigenvalue weighted by molar-refractivity contribution is -0.118. The minimum absolute atomic E-state index is 0.101. The van der Waals surface area contributed by atoms with E-state index in [0.717, 1.165) is 18.2 Å². The van der Waals surface area contributed by atoms with Crippen molar-refractivity contribution in [1.29, 1.82) is 0 Å². The van der Waals surface area contributed by atoms with Crippen LogP contribution in [0.25, 0.3) is 0 Å². The Kier molecular flexibility index (Phi) is 6.59. The molecule has 10 heteroatoms. The van der Waals surface area contributed by atoms with E-state index in [9.17, 15) is 26.8 Å². The molecular weight excluding hydrogens is 428 g/mol. The van der Waals surface area contributed by atoms with Crippen molar-refractivity contribution >= 4 is 33.2 Å². The van der Waals surface area contributed by atoms with Crippen molar-refractivity contribution in [3.05, 3.63) is 59.7 Å².